The first-order valence-corrected chi connectivity index (χ1v) is 7.56. The maximum atomic E-state index is 12.3. The number of amides is 1. The van der Waals surface area contributed by atoms with Crippen molar-refractivity contribution in [3.05, 3.63) is 60.3 Å². The lowest BCUT2D eigenvalue weighted by Crippen LogP contribution is -2.17. The van der Waals surface area contributed by atoms with Crippen LogP contribution in [0, 0.1) is 0 Å². The van der Waals surface area contributed by atoms with Gasteiger partial charge >= 0.3 is 0 Å². The van der Waals surface area contributed by atoms with Crippen molar-refractivity contribution in [2.75, 3.05) is 5.32 Å². The monoisotopic (exact) mass is 309 g/mol. The van der Waals surface area contributed by atoms with Crippen LogP contribution in [0.1, 0.15) is 18.2 Å². The van der Waals surface area contributed by atoms with Crippen LogP contribution in [0.5, 0.6) is 0 Å². The molecule has 1 aromatic carbocycles. The second-order valence-electron chi connectivity index (χ2n) is 5.36. The number of nitrogens with zero attached hydrogens (tertiary/aromatic N) is 4. The molecule has 0 saturated carbocycles. The summed E-state index contributed by atoms with van der Waals surface area (Å²) in [4.78, 5) is 16.5. The summed E-state index contributed by atoms with van der Waals surface area (Å²) in [6.07, 6.45) is 6.36. The zero-order valence-corrected chi connectivity index (χ0v) is 13.2. The van der Waals surface area contributed by atoms with Crippen molar-refractivity contribution in [1.82, 2.24) is 19.3 Å². The van der Waals surface area contributed by atoms with Crippen molar-refractivity contribution < 1.29 is 4.79 Å². The highest BCUT2D eigenvalue weighted by Crippen LogP contribution is 2.14. The molecule has 0 spiro atoms. The lowest BCUT2D eigenvalue weighted by Gasteiger charge is -2.07. The van der Waals surface area contributed by atoms with Crippen LogP contribution in [0.4, 0.5) is 5.82 Å². The molecule has 118 valence electrons. The Morgan fingerprint density at radius 2 is 2.04 bits per heavy atom. The Labute approximate surface area is 134 Å². The van der Waals surface area contributed by atoms with Crippen LogP contribution < -0.4 is 5.32 Å². The smallest absolute Gasteiger partial charge is 0.230 e. The first kappa shape index (κ1) is 15.0. The van der Waals surface area contributed by atoms with Gasteiger partial charge in [-0.2, -0.15) is 5.10 Å². The molecule has 1 amide bonds. The second kappa shape index (κ2) is 6.48. The third-order valence-corrected chi connectivity index (χ3v) is 3.63. The molecular formula is C17H19N5O. The predicted molar refractivity (Wildman–Crippen MR) is 88.5 cm³/mol. The summed E-state index contributed by atoms with van der Waals surface area (Å²) in [5.41, 5.74) is 2.73. The number of anilines is 1. The second-order valence-corrected chi connectivity index (χ2v) is 5.36. The van der Waals surface area contributed by atoms with Gasteiger partial charge in [-0.3, -0.25) is 4.79 Å². The molecule has 2 aromatic heterocycles. The molecule has 0 fully saturated rings. The maximum Gasteiger partial charge on any atom is 0.230 e. The number of aryl methyl sites for hydroxylation is 2. The van der Waals surface area contributed by atoms with Crippen LogP contribution in [-0.4, -0.2) is 25.2 Å². The summed E-state index contributed by atoms with van der Waals surface area (Å²) in [5.74, 6) is 0.684. The molecule has 0 aliphatic rings. The standard InChI is InChI=1S/C17H19N5O/c1-3-15-17(21(2)12-18-15)20-16(23)9-13-10-19-22(11-13)14-7-5-4-6-8-14/h4-8,10-12H,3,9H2,1-2H3,(H,20,23). The molecule has 0 radical (unpaired) electrons. The molecule has 2 heterocycles. The van der Waals surface area contributed by atoms with Gasteiger partial charge in [0.25, 0.3) is 0 Å². The molecule has 0 aliphatic heterocycles. The highest BCUT2D eigenvalue weighted by molar-refractivity contribution is 5.91. The number of benzene rings is 1. The van der Waals surface area contributed by atoms with Crippen molar-refractivity contribution >= 4 is 11.7 Å². The summed E-state index contributed by atoms with van der Waals surface area (Å²) in [6, 6.07) is 9.82. The van der Waals surface area contributed by atoms with Gasteiger partial charge < -0.3 is 9.88 Å². The largest absolute Gasteiger partial charge is 0.320 e. The number of aromatic nitrogens is 4. The van der Waals surface area contributed by atoms with Crippen molar-refractivity contribution in [1.29, 1.82) is 0 Å². The summed E-state index contributed by atoms with van der Waals surface area (Å²) in [6.45, 7) is 2.02. The quantitative estimate of drug-likeness (QED) is 0.787. The number of imidazole rings is 1. The molecule has 6 nitrogen and oxygen atoms in total. The third kappa shape index (κ3) is 3.31. The molecule has 0 unspecified atom stereocenters. The van der Waals surface area contributed by atoms with E-state index in [-0.39, 0.29) is 12.3 Å². The predicted octanol–water partition coefficient (Wildman–Crippen LogP) is 2.35. The van der Waals surface area contributed by atoms with Crippen molar-refractivity contribution in [3.63, 3.8) is 0 Å². The Hall–Kier alpha value is -2.89. The summed E-state index contributed by atoms with van der Waals surface area (Å²) in [5, 5.41) is 7.24. The van der Waals surface area contributed by atoms with E-state index in [1.165, 1.54) is 0 Å². The van der Waals surface area contributed by atoms with E-state index in [1.54, 1.807) is 17.2 Å². The summed E-state index contributed by atoms with van der Waals surface area (Å²) in [7, 11) is 1.87. The number of carbonyl (C=O) groups is 1. The number of rotatable bonds is 5. The molecule has 0 saturated heterocycles. The van der Waals surface area contributed by atoms with Gasteiger partial charge in [-0.1, -0.05) is 25.1 Å². The van der Waals surface area contributed by atoms with Gasteiger partial charge in [-0.05, 0) is 24.1 Å². The van der Waals surface area contributed by atoms with Crippen LogP contribution in [0.2, 0.25) is 0 Å². The van der Waals surface area contributed by atoms with E-state index in [9.17, 15) is 4.79 Å². The zero-order chi connectivity index (χ0) is 16.2. The summed E-state index contributed by atoms with van der Waals surface area (Å²) < 4.78 is 3.59. The molecule has 1 N–H and O–H groups in total. The van der Waals surface area contributed by atoms with Crippen molar-refractivity contribution in [2.24, 2.45) is 7.05 Å². The lowest BCUT2D eigenvalue weighted by atomic mass is 10.2. The molecule has 0 atom stereocenters. The van der Waals surface area contributed by atoms with Gasteiger partial charge in [-0.25, -0.2) is 9.67 Å². The number of para-hydroxylation sites is 1. The molecule has 0 aliphatic carbocycles. The highest BCUT2D eigenvalue weighted by Gasteiger charge is 2.12. The van der Waals surface area contributed by atoms with Crippen LogP contribution in [0.3, 0.4) is 0 Å². The number of hydrogen-bond acceptors (Lipinski definition) is 3. The van der Waals surface area contributed by atoms with E-state index in [1.807, 2.05) is 55.1 Å². The average molecular weight is 309 g/mol. The van der Waals surface area contributed by atoms with E-state index >= 15 is 0 Å². The fourth-order valence-corrected chi connectivity index (χ4v) is 2.43. The first-order valence-electron chi connectivity index (χ1n) is 7.56. The molecular weight excluding hydrogens is 290 g/mol. The Balaban J connectivity index is 1.69. The van der Waals surface area contributed by atoms with Gasteiger partial charge in [0.1, 0.15) is 5.82 Å². The zero-order valence-electron chi connectivity index (χ0n) is 13.2. The van der Waals surface area contributed by atoms with E-state index in [0.717, 1.165) is 29.2 Å². The minimum Gasteiger partial charge on any atom is -0.320 e. The van der Waals surface area contributed by atoms with Gasteiger partial charge in [-0.15, -0.1) is 0 Å². The van der Waals surface area contributed by atoms with Gasteiger partial charge in [0, 0.05) is 13.2 Å². The Bertz CT molecular complexity index is 804. The number of carbonyl (C=O) groups excluding carboxylic acids is 1. The molecule has 23 heavy (non-hydrogen) atoms. The van der Waals surface area contributed by atoms with E-state index in [4.69, 9.17) is 0 Å². The van der Waals surface area contributed by atoms with Crippen molar-refractivity contribution in [2.45, 2.75) is 19.8 Å². The fourth-order valence-electron chi connectivity index (χ4n) is 2.43. The minimum atomic E-state index is -0.0732. The van der Waals surface area contributed by atoms with Crippen LogP contribution in [0.25, 0.3) is 5.69 Å². The highest BCUT2D eigenvalue weighted by atomic mass is 16.1. The Morgan fingerprint density at radius 3 is 2.78 bits per heavy atom. The first-order chi connectivity index (χ1) is 11.2. The van der Waals surface area contributed by atoms with Crippen molar-refractivity contribution in [3.8, 4) is 5.69 Å². The van der Waals surface area contributed by atoms with E-state index in [2.05, 4.69) is 15.4 Å². The van der Waals surface area contributed by atoms with Gasteiger partial charge in [0.05, 0.1) is 30.3 Å². The van der Waals surface area contributed by atoms with Gasteiger partial charge in [0.15, 0.2) is 0 Å². The lowest BCUT2D eigenvalue weighted by molar-refractivity contribution is -0.115. The van der Waals surface area contributed by atoms with E-state index in [0.29, 0.717) is 0 Å². The van der Waals surface area contributed by atoms with Crippen LogP contribution >= 0.6 is 0 Å². The van der Waals surface area contributed by atoms with Gasteiger partial charge in [0.2, 0.25) is 5.91 Å². The summed E-state index contributed by atoms with van der Waals surface area (Å²) >= 11 is 0. The molecule has 0 bridgehead atoms. The normalized spacial score (nSPS) is 10.7. The number of hydrogen-bond donors (Lipinski definition) is 1. The van der Waals surface area contributed by atoms with E-state index < -0.39 is 0 Å². The molecule has 3 rings (SSSR count). The third-order valence-electron chi connectivity index (χ3n) is 3.63. The SMILES string of the molecule is CCc1ncn(C)c1NC(=O)Cc1cnn(-c2ccccc2)c1. The average Bonchev–Trinajstić information content (AvgIpc) is 3.16. The minimum absolute atomic E-state index is 0.0732. The van der Waals surface area contributed by atoms with Crippen LogP contribution in [0.15, 0.2) is 49.1 Å². The maximum absolute atomic E-state index is 12.3. The Morgan fingerprint density at radius 1 is 1.26 bits per heavy atom. The topological polar surface area (TPSA) is 64.7 Å². The number of nitrogens with one attached hydrogen (secondary N) is 1. The Kier molecular flexibility index (Phi) is 4.23. The molecule has 3 aromatic rings. The fraction of sp³-hybridized carbons (Fsp3) is 0.235. The molecule has 6 heteroatoms. The van der Waals surface area contributed by atoms with Crippen LogP contribution in [-0.2, 0) is 24.7 Å².